The second kappa shape index (κ2) is 10.5. The van der Waals surface area contributed by atoms with E-state index in [1.54, 1.807) is 73.7 Å². The normalized spacial score (nSPS) is 13.0. The molecule has 188 valence electrons. The Bertz CT molecular complexity index is 1430. The quantitative estimate of drug-likeness (QED) is 0.392. The van der Waals surface area contributed by atoms with Crippen LogP contribution in [0.25, 0.3) is 0 Å². The number of anilines is 4. The van der Waals surface area contributed by atoms with Gasteiger partial charge in [-0.15, -0.1) is 0 Å². The van der Waals surface area contributed by atoms with E-state index in [0.717, 1.165) is 10.5 Å². The maximum absolute atomic E-state index is 13.1. The van der Waals surface area contributed by atoms with E-state index in [-0.39, 0.29) is 22.5 Å². The largest absolute Gasteiger partial charge is 0.497 e. The van der Waals surface area contributed by atoms with Crippen LogP contribution in [0.1, 0.15) is 22.8 Å². The number of aryl methyl sites for hydroxylation is 1. The average molecular weight is 519 g/mol. The monoisotopic (exact) mass is 518 g/mol. The lowest BCUT2D eigenvalue weighted by Gasteiger charge is -2.16. The van der Waals surface area contributed by atoms with Crippen molar-refractivity contribution >= 4 is 58.0 Å². The molecule has 3 aromatic rings. The summed E-state index contributed by atoms with van der Waals surface area (Å²) in [7, 11) is 1.52. The highest BCUT2D eigenvalue weighted by molar-refractivity contribution is 6.53. The highest BCUT2D eigenvalue weighted by atomic mass is 35.5. The van der Waals surface area contributed by atoms with E-state index >= 15 is 0 Å². The van der Waals surface area contributed by atoms with Crippen LogP contribution in [0.4, 0.5) is 22.7 Å². The number of nitrogens with zero attached hydrogens (tertiary/aromatic N) is 1. The molecule has 0 atom stereocenters. The standard InChI is InChI=1S/C27H23ClN4O5/c1-15-4-5-17(25(34)30-19-8-6-18(7-9-19)29-16(2)33)14-22(15)31-24-23(28)26(35)32(27(24)36)20-10-12-21(37-3)13-11-20/h4-14,31H,1-3H3,(H,29,33)(H,30,34). The van der Waals surface area contributed by atoms with Crippen LogP contribution in [-0.4, -0.2) is 30.7 Å². The van der Waals surface area contributed by atoms with Gasteiger partial charge in [0.15, 0.2) is 0 Å². The molecule has 1 heterocycles. The van der Waals surface area contributed by atoms with Gasteiger partial charge in [0.25, 0.3) is 17.7 Å². The van der Waals surface area contributed by atoms with Crippen LogP contribution in [-0.2, 0) is 14.4 Å². The molecule has 0 fully saturated rings. The maximum Gasteiger partial charge on any atom is 0.283 e. The first-order valence-corrected chi connectivity index (χ1v) is 11.5. The van der Waals surface area contributed by atoms with E-state index in [1.165, 1.54) is 14.0 Å². The number of hydrogen-bond donors (Lipinski definition) is 3. The molecule has 1 aliphatic heterocycles. The molecule has 1 aliphatic rings. The van der Waals surface area contributed by atoms with Crippen LogP contribution in [0.2, 0.25) is 0 Å². The Kier molecular flexibility index (Phi) is 7.26. The minimum atomic E-state index is -0.659. The number of rotatable bonds is 7. The van der Waals surface area contributed by atoms with Crippen molar-refractivity contribution in [1.29, 1.82) is 0 Å². The van der Waals surface area contributed by atoms with Crippen molar-refractivity contribution in [1.82, 2.24) is 0 Å². The molecule has 0 bridgehead atoms. The third kappa shape index (κ3) is 5.46. The van der Waals surface area contributed by atoms with Crippen molar-refractivity contribution < 1.29 is 23.9 Å². The Morgan fingerprint density at radius 2 is 1.49 bits per heavy atom. The number of benzene rings is 3. The number of nitrogens with one attached hydrogen (secondary N) is 3. The zero-order chi connectivity index (χ0) is 26.7. The molecule has 0 radical (unpaired) electrons. The van der Waals surface area contributed by atoms with Gasteiger partial charge >= 0.3 is 0 Å². The summed E-state index contributed by atoms with van der Waals surface area (Å²) < 4.78 is 5.12. The van der Waals surface area contributed by atoms with Gasteiger partial charge in [-0.05, 0) is 73.2 Å². The number of carbonyl (C=O) groups excluding carboxylic acids is 4. The first-order valence-electron chi connectivity index (χ1n) is 11.2. The molecule has 0 unspecified atom stereocenters. The summed E-state index contributed by atoms with van der Waals surface area (Å²) in [6, 6.07) is 18.0. The van der Waals surface area contributed by atoms with Crippen LogP contribution in [0.5, 0.6) is 5.75 Å². The summed E-state index contributed by atoms with van der Waals surface area (Å²) in [5.41, 5.74) is 2.90. The minimum Gasteiger partial charge on any atom is -0.497 e. The van der Waals surface area contributed by atoms with Crippen LogP contribution >= 0.6 is 11.6 Å². The molecule has 0 saturated heterocycles. The van der Waals surface area contributed by atoms with Gasteiger partial charge < -0.3 is 20.7 Å². The first kappa shape index (κ1) is 25.5. The summed E-state index contributed by atoms with van der Waals surface area (Å²) in [6.07, 6.45) is 0. The van der Waals surface area contributed by atoms with E-state index in [4.69, 9.17) is 16.3 Å². The van der Waals surface area contributed by atoms with E-state index < -0.39 is 11.8 Å². The summed E-state index contributed by atoms with van der Waals surface area (Å²) in [5.74, 6) is -1.28. The summed E-state index contributed by atoms with van der Waals surface area (Å²) in [6.45, 7) is 3.20. The van der Waals surface area contributed by atoms with Gasteiger partial charge in [-0.25, -0.2) is 4.90 Å². The second-order valence-corrected chi connectivity index (χ2v) is 8.58. The number of hydrogen-bond acceptors (Lipinski definition) is 6. The van der Waals surface area contributed by atoms with Crippen molar-refractivity contribution in [2.45, 2.75) is 13.8 Å². The molecule has 37 heavy (non-hydrogen) atoms. The highest BCUT2D eigenvalue weighted by Gasteiger charge is 2.39. The molecule has 4 rings (SSSR count). The Morgan fingerprint density at radius 1 is 0.865 bits per heavy atom. The predicted molar refractivity (Wildman–Crippen MR) is 142 cm³/mol. The molecule has 4 amide bonds. The predicted octanol–water partition coefficient (Wildman–Crippen LogP) is 4.65. The van der Waals surface area contributed by atoms with E-state index in [9.17, 15) is 19.2 Å². The third-order valence-electron chi connectivity index (χ3n) is 5.58. The van der Waals surface area contributed by atoms with Crippen molar-refractivity contribution in [3.05, 3.63) is 88.6 Å². The van der Waals surface area contributed by atoms with Crippen molar-refractivity contribution in [3.8, 4) is 5.75 Å². The highest BCUT2D eigenvalue weighted by Crippen LogP contribution is 2.32. The lowest BCUT2D eigenvalue weighted by Crippen LogP contribution is -2.32. The summed E-state index contributed by atoms with van der Waals surface area (Å²) in [4.78, 5) is 50.9. The molecule has 10 heteroatoms. The summed E-state index contributed by atoms with van der Waals surface area (Å²) >= 11 is 6.26. The number of methoxy groups -OCH3 is 1. The first-order chi connectivity index (χ1) is 17.7. The van der Waals surface area contributed by atoms with Gasteiger partial charge in [-0.3, -0.25) is 19.2 Å². The topological polar surface area (TPSA) is 117 Å². The van der Waals surface area contributed by atoms with Crippen LogP contribution in [0.15, 0.2) is 77.5 Å². The number of carbonyl (C=O) groups is 4. The maximum atomic E-state index is 13.1. The fourth-order valence-corrected chi connectivity index (χ4v) is 3.87. The molecule has 0 aliphatic carbocycles. The Balaban J connectivity index is 1.52. The van der Waals surface area contributed by atoms with Gasteiger partial charge in [0.2, 0.25) is 5.91 Å². The Labute approximate surface area is 218 Å². The molecule has 3 N–H and O–H groups in total. The molecule has 0 spiro atoms. The Hall–Kier alpha value is -4.63. The number of ether oxygens (including phenoxy) is 1. The van der Waals surface area contributed by atoms with Gasteiger partial charge in [0.1, 0.15) is 16.5 Å². The third-order valence-corrected chi connectivity index (χ3v) is 5.93. The fourth-order valence-electron chi connectivity index (χ4n) is 3.65. The smallest absolute Gasteiger partial charge is 0.283 e. The van der Waals surface area contributed by atoms with Gasteiger partial charge in [-0.1, -0.05) is 17.7 Å². The van der Waals surface area contributed by atoms with Gasteiger partial charge in [0.05, 0.1) is 12.8 Å². The zero-order valence-electron chi connectivity index (χ0n) is 20.2. The zero-order valence-corrected chi connectivity index (χ0v) is 21.0. The minimum absolute atomic E-state index is 0.0864. The lowest BCUT2D eigenvalue weighted by molar-refractivity contribution is -0.120. The number of halogens is 1. The average Bonchev–Trinajstić information content (AvgIpc) is 3.09. The molecule has 0 aromatic heterocycles. The molecule has 9 nitrogen and oxygen atoms in total. The van der Waals surface area contributed by atoms with Gasteiger partial charge in [0, 0.05) is 29.5 Å². The van der Waals surface area contributed by atoms with E-state index in [0.29, 0.717) is 34.1 Å². The molecular weight excluding hydrogens is 496 g/mol. The van der Waals surface area contributed by atoms with Crippen LogP contribution < -0.4 is 25.6 Å². The van der Waals surface area contributed by atoms with Crippen LogP contribution in [0, 0.1) is 6.92 Å². The summed E-state index contributed by atoms with van der Waals surface area (Å²) in [5, 5.41) is 8.12. The van der Waals surface area contributed by atoms with E-state index in [2.05, 4.69) is 16.0 Å². The number of imide groups is 1. The molecular formula is C27H23ClN4O5. The van der Waals surface area contributed by atoms with Crippen molar-refractivity contribution in [2.24, 2.45) is 0 Å². The Morgan fingerprint density at radius 3 is 2.08 bits per heavy atom. The SMILES string of the molecule is COc1ccc(N2C(=O)C(Cl)=C(Nc3cc(C(=O)Nc4ccc(NC(C)=O)cc4)ccc3C)C2=O)cc1. The van der Waals surface area contributed by atoms with E-state index in [1.807, 2.05) is 0 Å². The van der Waals surface area contributed by atoms with Crippen LogP contribution in [0.3, 0.4) is 0 Å². The van der Waals surface area contributed by atoms with Gasteiger partial charge in [-0.2, -0.15) is 0 Å². The van der Waals surface area contributed by atoms with Crippen molar-refractivity contribution in [3.63, 3.8) is 0 Å². The number of amides is 4. The second-order valence-electron chi connectivity index (χ2n) is 8.20. The molecule has 3 aromatic carbocycles. The fraction of sp³-hybridized carbons (Fsp3) is 0.111. The lowest BCUT2D eigenvalue weighted by atomic mass is 10.1. The van der Waals surface area contributed by atoms with Crippen molar-refractivity contribution in [2.75, 3.05) is 28.0 Å². The molecule has 0 saturated carbocycles.